The monoisotopic (exact) mass is 413 g/mol. The zero-order valence-electron chi connectivity index (χ0n) is 16.0. The fourth-order valence-electron chi connectivity index (χ4n) is 2.58. The molecule has 0 saturated heterocycles. The number of carbonyl (C=O) groups excluding carboxylic acids is 4. The van der Waals surface area contributed by atoms with Gasteiger partial charge in [0.1, 0.15) is 6.61 Å². The molecule has 156 valence electrons. The molecule has 0 radical (unpaired) electrons. The Balaban J connectivity index is 1.61. The van der Waals surface area contributed by atoms with Crippen LogP contribution in [-0.2, 0) is 14.3 Å². The van der Waals surface area contributed by atoms with Crippen molar-refractivity contribution in [2.24, 2.45) is 0 Å². The van der Waals surface area contributed by atoms with Gasteiger partial charge in [-0.25, -0.2) is 14.4 Å². The second-order valence-electron chi connectivity index (χ2n) is 6.07. The molecule has 0 spiro atoms. The predicted molar refractivity (Wildman–Crippen MR) is 104 cm³/mol. The molecule has 3 amide bonds. The molecule has 0 aliphatic carbocycles. The summed E-state index contributed by atoms with van der Waals surface area (Å²) in [6, 6.07) is 8.64. The van der Waals surface area contributed by atoms with E-state index in [1.807, 2.05) is 0 Å². The highest BCUT2D eigenvalue weighted by molar-refractivity contribution is 6.02. The first-order valence-electron chi connectivity index (χ1n) is 9.04. The Bertz CT molecular complexity index is 978. The summed E-state index contributed by atoms with van der Waals surface area (Å²) in [7, 11) is 0. The Morgan fingerprint density at radius 1 is 1.10 bits per heavy atom. The number of hydrogen-bond acceptors (Lipinski definition) is 7. The lowest BCUT2D eigenvalue weighted by Gasteiger charge is -2.21. The van der Waals surface area contributed by atoms with Crippen LogP contribution in [0.5, 0.6) is 0 Å². The predicted octanol–water partition coefficient (Wildman–Crippen LogP) is 1.82. The van der Waals surface area contributed by atoms with Crippen molar-refractivity contribution in [3.05, 3.63) is 65.3 Å². The summed E-state index contributed by atoms with van der Waals surface area (Å²) < 4.78 is 15.2. The quantitative estimate of drug-likeness (QED) is 0.589. The van der Waals surface area contributed by atoms with Crippen molar-refractivity contribution in [3.8, 4) is 0 Å². The largest absolute Gasteiger partial charge is 0.463 e. The lowest BCUT2D eigenvalue weighted by molar-refractivity contribution is -0.138. The van der Waals surface area contributed by atoms with E-state index in [2.05, 4.69) is 16.0 Å². The summed E-state index contributed by atoms with van der Waals surface area (Å²) in [6.45, 7) is 1.50. The van der Waals surface area contributed by atoms with Gasteiger partial charge < -0.3 is 29.8 Å². The molecule has 3 N–H and O–H groups in total. The normalized spacial score (nSPS) is 13.2. The number of hydrogen-bond donors (Lipinski definition) is 3. The van der Waals surface area contributed by atoms with E-state index in [4.69, 9.17) is 13.9 Å². The number of carbonyl (C=O) groups is 4. The molecule has 1 aromatic carbocycles. The Hall–Kier alpha value is -4.08. The van der Waals surface area contributed by atoms with Crippen LogP contribution in [0.4, 0.5) is 10.5 Å². The molecule has 0 unspecified atom stereocenters. The maximum Gasteiger partial charge on any atom is 0.338 e. The average Bonchev–Trinajstić information content (AvgIpc) is 3.28. The Labute approximate surface area is 171 Å². The van der Waals surface area contributed by atoms with Crippen LogP contribution in [0.3, 0.4) is 0 Å². The van der Waals surface area contributed by atoms with Crippen molar-refractivity contribution in [1.82, 2.24) is 10.6 Å². The molecule has 0 bridgehead atoms. The van der Waals surface area contributed by atoms with Gasteiger partial charge in [0.05, 0.1) is 36.2 Å². The number of nitrogens with one attached hydrogen (secondary N) is 3. The van der Waals surface area contributed by atoms with Crippen LogP contribution in [0.2, 0.25) is 0 Å². The molecular weight excluding hydrogens is 394 g/mol. The highest BCUT2D eigenvalue weighted by Gasteiger charge is 2.24. The third-order valence-electron chi connectivity index (χ3n) is 4.05. The molecule has 1 aliphatic heterocycles. The van der Waals surface area contributed by atoms with Gasteiger partial charge in [0.2, 0.25) is 0 Å². The van der Waals surface area contributed by atoms with Crippen molar-refractivity contribution in [2.45, 2.75) is 6.92 Å². The van der Waals surface area contributed by atoms with Gasteiger partial charge in [-0.3, -0.25) is 4.79 Å². The second-order valence-corrected chi connectivity index (χ2v) is 6.07. The fraction of sp³-hybridized carbons (Fsp3) is 0.200. The van der Waals surface area contributed by atoms with E-state index >= 15 is 0 Å². The van der Waals surface area contributed by atoms with Crippen LogP contribution >= 0.6 is 0 Å². The molecule has 1 aliphatic rings. The van der Waals surface area contributed by atoms with E-state index < -0.39 is 23.9 Å². The summed E-state index contributed by atoms with van der Waals surface area (Å²) in [6.07, 6.45) is 1.39. The third kappa shape index (κ3) is 5.04. The Kier molecular flexibility index (Phi) is 6.48. The maximum atomic E-state index is 12.3. The first-order chi connectivity index (χ1) is 14.5. The van der Waals surface area contributed by atoms with Crippen molar-refractivity contribution in [2.75, 3.05) is 25.1 Å². The van der Waals surface area contributed by atoms with Crippen LogP contribution in [0, 0.1) is 0 Å². The summed E-state index contributed by atoms with van der Waals surface area (Å²) in [4.78, 5) is 47.8. The smallest absolute Gasteiger partial charge is 0.338 e. The minimum Gasteiger partial charge on any atom is -0.463 e. The van der Waals surface area contributed by atoms with Crippen molar-refractivity contribution < 1.29 is 33.1 Å². The maximum absolute atomic E-state index is 12.3. The second kappa shape index (κ2) is 9.41. The molecule has 3 rings (SSSR count). The molecule has 0 atom stereocenters. The van der Waals surface area contributed by atoms with Crippen molar-refractivity contribution in [3.63, 3.8) is 0 Å². The zero-order chi connectivity index (χ0) is 21.5. The van der Waals surface area contributed by atoms with Crippen LogP contribution in [0.25, 0.3) is 0 Å². The molecular formula is C20H19N3O7. The number of furan rings is 1. The van der Waals surface area contributed by atoms with E-state index in [-0.39, 0.29) is 42.4 Å². The van der Waals surface area contributed by atoms with E-state index in [1.54, 1.807) is 13.0 Å². The minimum atomic E-state index is -0.664. The summed E-state index contributed by atoms with van der Waals surface area (Å²) in [5.74, 6) is -1.53. The minimum absolute atomic E-state index is 0.0262. The molecule has 10 nitrogen and oxygen atoms in total. The van der Waals surface area contributed by atoms with Gasteiger partial charge in [0.15, 0.2) is 5.76 Å². The highest BCUT2D eigenvalue weighted by Crippen LogP contribution is 2.14. The van der Waals surface area contributed by atoms with E-state index in [1.165, 1.54) is 36.6 Å². The molecule has 10 heteroatoms. The summed E-state index contributed by atoms with van der Waals surface area (Å²) in [5, 5.41) is 7.55. The Morgan fingerprint density at radius 3 is 2.53 bits per heavy atom. The van der Waals surface area contributed by atoms with Gasteiger partial charge in [0, 0.05) is 5.69 Å². The number of rotatable bonds is 7. The molecule has 30 heavy (non-hydrogen) atoms. The number of urea groups is 1. The average molecular weight is 413 g/mol. The number of ether oxygens (including phenoxy) is 2. The molecule has 1 aromatic heterocycles. The van der Waals surface area contributed by atoms with Crippen molar-refractivity contribution in [1.29, 1.82) is 0 Å². The summed E-state index contributed by atoms with van der Waals surface area (Å²) >= 11 is 0. The highest BCUT2D eigenvalue weighted by atomic mass is 16.5. The van der Waals surface area contributed by atoms with Crippen LogP contribution in [0.15, 0.2) is 58.3 Å². The molecule has 0 saturated carbocycles. The SMILES string of the molecule is CCOC(=O)C1=C(COC(=O)c2ccc(NC(=O)c3ccco3)cc2)NC(=O)NC1. The van der Waals surface area contributed by atoms with Crippen LogP contribution < -0.4 is 16.0 Å². The van der Waals surface area contributed by atoms with E-state index in [0.29, 0.717) is 5.69 Å². The fourth-order valence-corrected chi connectivity index (χ4v) is 2.58. The lowest BCUT2D eigenvalue weighted by Crippen LogP contribution is -2.45. The molecule has 2 heterocycles. The Morgan fingerprint density at radius 2 is 1.87 bits per heavy atom. The van der Waals surface area contributed by atoms with Crippen molar-refractivity contribution >= 4 is 29.6 Å². The van der Waals surface area contributed by atoms with Gasteiger partial charge in [0.25, 0.3) is 5.91 Å². The first-order valence-corrected chi connectivity index (χ1v) is 9.04. The standard InChI is InChI=1S/C20H19N3O7/c1-2-28-19(26)14-10-21-20(27)23-15(14)11-30-18(25)12-5-7-13(8-6-12)22-17(24)16-4-3-9-29-16/h3-9H,2,10-11H2,1H3,(H,22,24)(H2,21,23,27). The van der Waals surface area contributed by atoms with Gasteiger partial charge >= 0.3 is 18.0 Å². The third-order valence-corrected chi connectivity index (χ3v) is 4.05. The topological polar surface area (TPSA) is 136 Å². The van der Waals surface area contributed by atoms with Gasteiger partial charge in [-0.05, 0) is 43.3 Å². The molecule has 0 fully saturated rings. The number of amides is 3. The zero-order valence-corrected chi connectivity index (χ0v) is 16.0. The van der Waals surface area contributed by atoms with Gasteiger partial charge in [-0.2, -0.15) is 0 Å². The van der Waals surface area contributed by atoms with E-state index in [9.17, 15) is 19.2 Å². The molecule has 2 aromatic rings. The van der Waals surface area contributed by atoms with Gasteiger partial charge in [-0.15, -0.1) is 0 Å². The first kappa shape index (κ1) is 20.6. The summed E-state index contributed by atoms with van der Waals surface area (Å²) in [5.41, 5.74) is 1.03. The lowest BCUT2D eigenvalue weighted by atomic mass is 10.1. The van der Waals surface area contributed by atoms with E-state index in [0.717, 1.165) is 0 Å². The number of esters is 2. The van der Waals surface area contributed by atoms with Crippen LogP contribution in [-0.4, -0.2) is 43.6 Å². The number of benzene rings is 1. The van der Waals surface area contributed by atoms with Gasteiger partial charge in [-0.1, -0.05) is 0 Å². The number of anilines is 1. The van der Waals surface area contributed by atoms with Crippen LogP contribution in [0.1, 0.15) is 27.8 Å².